The molecule has 0 bridgehead atoms. The predicted octanol–water partition coefficient (Wildman–Crippen LogP) is 4.45. The Kier molecular flexibility index (Phi) is 3.75. The average Bonchev–Trinajstić information content (AvgIpc) is 2.97. The molecule has 0 amide bonds. The molecule has 1 aliphatic rings. The van der Waals surface area contributed by atoms with Crippen molar-refractivity contribution < 1.29 is 22.7 Å². The number of rotatable bonds is 4. The Morgan fingerprint density at radius 3 is 2.43 bits per heavy atom. The van der Waals surface area contributed by atoms with E-state index in [1.807, 2.05) is 0 Å². The number of hydrogen-bond donors (Lipinski definition) is 0. The van der Waals surface area contributed by atoms with Gasteiger partial charge in [-0.15, -0.1) is 11.3 Å². The van der Waals surface area contributed by atoms with Crippen molar-refractivity contribution in [1.29, 1.82) is 0 Å². The van der Waals surface area contributed by atoms with E-state index in [0.29, 0.717) is 5.56 Å². The highest BCUT2D eigenvalue weighted by Crippen LogP contribution is 2.73. The number of hydrogen-bond acceptors (Lipinski definition) is 3. The van der Waals surface area contributed by atoms with Crippen LogP contribution < -0.4 is 0 Å². The number of alkyl halides is 3. The first-order valence-electron chi connectivity index (χ1n) is 7.23. The number of ether oxygens (including phenoxy) is 1. The van der Waals surface area contributed by atoms with Crippen molar-refractivity contribution in [3.63, 3.8) is 0 Å². The van der Waals surface area contributed by atoms with E-state index in [0.717, 1.165) is 11.3 Å². The molecule has 0 aliphatic heterocycles. The first kappa shape index (κ1) is 16.1. The van der Waals surface area contributed by atoms with Crippen LogP contribution in [0.1, 0.15) is 23.8 Å². The van der Waals surface area contributed by atoms with Crippen molar-refractivity contribution in [3.8, 4) is 0 Å². The Morgan fingerprint density at radius 2 is 1.91 bits per heavy atom. The van der Waals surface area contributed by atoms with E-state index in [1.54, 1.807) is 48.7 Å². The van der Waals surface area contributed by atoms with E-state index in [2.05, 4.69) is 0 Å². The molecule has 23 heavy (non-hydrogen) atoms. The summed E-state index contributed by atoms with van der Waals surface area (Å²) in [5, 5.41) is 1.60. The molecule has 1 fully saturated rings. The van der Waals surface area contributed by atoms with Gasteiger partial charge in [-0.3, -0.25) is 4.79 Å². The molecule has 6 heteroatoms. The van der Waals surface area contributed by atoms with Crippen LogP contribution in [0.3, 0.4) is 0 Å². The Morgan fingerprint density at radius 1 is 1.22 bits per heavy atom. The van der Waals surface area contributed by atoms with Gasteiger partial charge in [0.1, 0.15) is 10.8 Å². The molecule has 3 rings (SSSR count). The smallest absolute Gasteiger partial charge is 0.400 e. The van der Waals surface area contributed by atoms with Gasteiger partial charge >= 0.3 is 12.1 Å². The summed E-state index contributed by atoms with van der Waals surface area (Å²) in [6.45, 7) is 1.64. The maximum Gasteiger partial charge on any atom is 0.400 e. The second-order valence-corrected chi connectivity index (χ2v) is 6.50. The van der Waals surface area contributed by atoms with Crippen LogP contribution in [0.15, 0.2) is 47.8 Å². The number of carbonyl (C=O) groups excluding carboxylic acids is 1. The quantitative estimate of drug-likeness (QED) is 0.769. The molecule has 0 radical (unpaired) electrons. The minimum Gasteiger partial charge on any atom is -0.465 e. The molecule has 1 aromatic heterocycles. The second-order valence-electron chi connectivity index (χ2n) is 5.55. The van der Waals surface area contributed by atoms with Gasteiger partial charge in [-0.2, -0.15) is 13.2 Å². The lowest BCUT2D eigenvalue weighted by molar-refractivity contribution is -0.174. The summed E-state index contributed by atoms with van der Waals surface area (Å²) < 4.78 is 47.2. The minimum absolute atomic E-state index is 0.0474. The van der Waals surface area contributed by atoms with Crippen molar-refractivity contribution in [2.75, 3.05) is 6.61 Å². The summed E-state index contributed by atoms with van der Waals surface area (Å²) in [5.41, 5.74) is -3.56. The fourth-order valence-corrected chi connectivity index (χ4v) is 4.37. The molecule has 1 heterocycles. The van der Waals surface area contributed by atoms with Gasteiger partial charge in [0.25, 0.3) is 0 Å². The van der Waals surface area contributed by atoms with E-state index in [1.165, 1.54) is 6.07 Å². The van der Waals surface area contributed by atoms with Gasteiger partial charge < -0.3 is 4.74 Å². The highest BCUT2D eigenvalue weighted by atomic mass is 32.1. The molecule has 2 nitrogen and oxygen atoms in total. The number of benzene rings is 1. The second kappa shape index (κ2) is 5.37. The first-order chi connectivity index (χ1) is 10.9. The van der Waals surface area contributed by atoms with Gasteiger partial charge in [0.15, 0.2) is 0 Å². The van der Waals surface area contributed by atoms with Gasteiger partial charge in [0.05, 0.1) is 6.61 Å². The summed E-state index contributed by atoms with van der Waals surface area (Å²) in [7, 11) is 0. The third-order valence-electron chi connectivity index (χ3n) is 4.45. The summed E-state index contributed by atoms with van der Waals surface area (Å²) in [5.74, 6) is -0.808. The largest absolute Gasteiger partial charge is 0.465 e. The molecule has 0 spiro atoms. The summed E-state index contributed by atoms with van der Waals surface area (Å²) in [6, 6.07) is 11.2. The van der Waals surface area contributed by atoms with Crippen molar-refractivity contribution in [2.45, 2.75) is 30.4 Å². The summed E-state index contributed by atoms with van der Waals surface area (Å²) in [4.78, 5) is 12.7. The average molecular weight is 340 g/mol. The molecular weight excluding hydrogens is 325 g/mol. The Bertz CT molecular complexity index is 696. The lowest BCUT2D eigenvalue weighted by Crippen LogP contribution is -2.41. The van der Waals surface area contributed by atoms with Crippen LogP contribution in [0.5, 0.6) is 0 Å². The van der Waals surface area contributed by atoms with Crippen LogP contribution in [-0.4, -0.2) is 18.8 Å². The summed E-state index contributed by atoms with van der Waals surface area (Å²) in [6.07, 6.45) is -4.85. The molecule has 122 valence electrons. The number of halogens is 3. The lowest BCUT2D eigenvalue weighted by Gasteiger charge is -2.26. The fourth-order valence-electron chi connectivity index (χ4n) is 3.34. The van der Waals surface area contributed by atoms with E-state index in [9.17, 15) is 18.0 Å². The van der Waals surface area contributed by atoms with Gasteiger partial charge in [0, 0.05) is 4.88 Å². The minimum atomic E-state index is -4.54. The zero-order chi connectivity index (χ0) is 16.7. The van der Waals surface area contributed by atoms with Crippen LogP contribution in [0.2, 0.25) is 0 Å². The van der Waals surface area contributed by atoms with Crippen molar-refractivity contribution in [2.24, 2.45) is 0 Å². The van der Waals surface area contributed by atoms with Crippen LogP contribution in [0.4, 0.5) is 13.2 Å². The predicted molar refractivity (Wildman–Crippen MR) is 81.4 cm³/mol. The van der Waals surface area contributed by atoms with Crippen molar-refractivity contribution >= 4 is 17.3 Å². The molecule has 0 N–H and O–H groups in total. The fraction of sp³-hybridized carbons (Fsp3) is 0.353. The zero-order valence-electron chi connectivity index (χ0n) is 12.4. The van der Waals surface area contributed by atoms with Gasteiger partial charge in [0.2, 0.25) is 0 Å². The monoisotopic (exact) mass is 340 g/mol. The normalized spacial score (nSPS) is 26.8. The van der Waals surface area contributed by atoms with E-state index in [4.69, 9.17) is 4.74 Å². The standard InChI is InChI=1S/C17H15F3O2S/c1-2-22-14(21)15(12-7-4-3-5-8-12)11-16(15,17(18,19)20)13-9-6-10-23-13/h3-10H,2,11H2,1H3/t15-,16-/m1/s1. The van der Waals surface area contributed by atoms with E-state index in [-0.39, 0.29) is 17.9 Å². The third kappa shape index (κ3) is 2.11. The van der Waals surface area contributed by atoms with E-state index < -0.39 is 23.0 Å². The SMILES string of the molecule is CCOC(=O)[C@]1(c2ccccc2)C[C@]1(c1cccs1)C(F)(F)F. The van der Waals surface area contributed by atoms with Gasteiger partial charge in [-0.25, -0.2) is 0 Å². The maximum absolute atomic E-state index is 14.0. The van der Waals surface area contributed by atoms with Crippen molar-refractivity contribution in [1.82, 2.24) is 0 Å². The summed E-state index contributed by atoms with van der Waals surface area (Å²) >= 11 is 1.02. The number of thiophene rings is 1. The number of carbonyl (C=O) groups is 1. The molecule has 1 aromatic carbocycles. The van der Waals surface area contributed by atoms with Crippen LogP contribution >= 0.6 is 11.3 Å². The first-order valence-corrected chi connectivity index (χ1v) is 8.11. The van der Waals surface area contributed by atoms with Gasteiger partial charge in [-0.1, -0.05) is 36.4 Å². The molecule has 1 saturated carbocycles. The molecular formula is C17H15F3O2S. The van der Waals surface area contributed by atoms with Gasteiger partial charge in [-0.05, 0) is 30.4 Å². The molecule has 2 atom stereocenters. The molecule has 1 aliphatic carbocycles. The Hall–Kier alpha value is -1.82. The molecule has 0 unspecified atom stereocenters. The van der Waals surface area contributed by atoms with E-state index >= 15 is 0 Å². The van der Waals surface area contributed by atoms with Crippen LogP contribution in [0.25, 0.3) is 0 Å². The molecule has 0 saturated heterocycles. The Balaban J connectivity index is 2.21. The third-order valence-corrected chi connectivity index (χ3v) is 5.48. The zero-order valence-corrected chi connectivity index (χ0v) is 13.2. The topological polar surface area (TPSA) is 26.3 Å². The highest BCUT2D eigenvalue weighted by molar-refractivity contribution is 7.10. The highest BCUT2D eigenvalue weighted by Gasteiger charge is 2.85. The van der Waals surface area contributed by atoms with Crippen LogP contribution in [-0.2, 0) is 20.4 Å². The van der Waals surface area contributed by atoms with Crippen molar-refractivity contribution in [3.05, 3.63) is 58.3 Å². The lowest BCUT2D eigenvalue weighted by atomic mass is 9.84. The number of esters is 1. The van der Waals surface area contributed by atoms with Crippen LogP contribution in [0, 0.1) is 0 Å². The Labute approximate surface area is 135 Å². The molecule has 2 aromatic rings. The maximum atomic E-state index is 14.0.